The molecule has 1 amide bonds. The van der Waals surface area contributed by atoms with Gasteiger partial charge in [0.1, 0.15) is 5.60 Å². The summed E-state index contributed by atoms with van der Waals surface area (Å²) in [5.74, 6) is 0. The van der Waals surface area contributed by atoms with Gasteiger partial charge in [0.05, 0.1) is 25.4 Å². The molecule has 0 saturated heterocycles. The summed E-state index contributed by atoms with van der Waals surface area (Å²) in [4.78, 5) is 11.8. The van der Waals surface area contributed by atoms with Gasteiger partial charge in [-0.15, -0.1) is 6.58 Å². The van der Waals surface area contributed by atoms with Gasteiger partial charge in [0.25, 0.3) is 0 Å². The first-order valence-electron chi connectivity index (χ1n) is 7.72. The average molecular weight is 321 g/mol. The molecule has 2 atom stereocenters. The second-order valence-electron chi connectivity index (χ2n) is 6.33. The third kappa shape index (κ3) is 8.38. The highest BCUT2D eigenvalue weighted by molar-refractivity contribution is 5.68. The number of aliphatic hydroxyl groups excluding tert-OH is 1. The number of carbonyl (C=O) groups is 1. The number of hydrogen-bond donors (Lipinski definition) is 2. The molecule has 2 N–H and O–H groups in total. The zero-order valence-electron chi connectivity index (χ0n) is 14.1. The fraction of sp³-hybridized carbons (Fsp3) is 0.500. The van der Waals surface area contributed by atoms with Crippen molar-refractivity contribution in [1.29, 1.82) is 0 Å². The van der Waals surface area contributed by atoms with Crippen LogP contribution in [0.4, 0.5) is 4.79 Å². The van der Waals surface area contributed by atoms with Crippen molar-refractivity contribution >= 4 is 6.09 Å². The minimum Gasteiger partial charge on any atom is -0.444 e. The molecule has 0 heterocycles. The molecule has 0 saturated carbocycles. The van der Waals surface area contributed by atoms with E-state index in [9.17, 15) is 9.90 Å². The number of benzene rings is 1. The molecule has 23 heavy (non-hydrogen) atoms. The van der Waals surface area contributed by atoms with Crippen LogP contribution >= 0.6 is 0 Å². The molecule has 0 fully saturated rings. The van der Waals surface area contributed by atoms with Crippen LogP contribution in [-0.4, -0.2) is 35.6 Å². The third-order valence-corrected chi connectivity index (χ3v) is 3.03. The van der Waals surface area contributed by atoms with Crippen molar-refractivity contribution in [3.8, 4) is 0 Å². The lowest BCUT2D eigenvalue weighted by atomic mass is 10.1. The van der Waals surface area contributed by atoms with Crippen LogP contribution in [-0.2, 0) is 16.1 Å². The molecule has 0 aliphatic rings. The van der Waals surface area contributed by atoms with Gasteiger partial charge in [0, 0.05) is 0 Å². The lowest BCUT2D eigenvalue weighted by molar-refractivity contribution is 0.0365. The Hall–Kier alpha value is -1.85. The predicted molar refractivity (Wildman–Crippen MR) is 90.1 cm³/mol. The van der Waals surface area contributed by atoms with Gasteiger partial charge >= 0.3 is 6.09 Å². The zero-order chi connectivity index (χ0) is 17.3. The Morgan fingerprint density at radius 1 is 1.35 bits per heavy atom. The van der Waals surface area contributed by atoms with E-state index in [4.69, 9.17) is 9.47 Å². The van der Waals surface area contributed by atoms with E-state index in [1.807, 2.05) is 30.3 Å². The van der Waals surface area contributed by atoms with Gasteiger partial charge in [-0.2, -0.15) is 0 Å². The maximum absolute atomic E-state index is 11.8. The summed E-state index contributed by atoms with van der Waals surface area (Å²) in [5.41, 5.74) is 0.478. The molecule has 0 bridgehead atoms. The topological polar surface area (TPSA) is 67.8 Å². The highest BCUT2D eigenvalue weighted by atomic mass is 16.6. The lowest BCUT2D eigenvalue weighted by Crippen LogP contribution is -2.42. The van der Waals surface area contributed by atoms with Crippen LogP contribution in [0.5, 0.6) is 0 Å². The molecule has 1 aromatic carbocycles. The highest BCUT2D eigenvalue weighted by Gasteiger charge is 2.21. The molecule has 1 rings (SSSR count). The third-order valence-electron chi connectivity index (χ3n) is 3.03. The Balaban J connectivity index is 2.47. The van der Waals surface area contributed by atoms with E-state index in [1.54, 1.807) is 26.8 Å². The minimum atomic E-state index is -0.578. The quantitative estimate of drug-likeness (QED) is 0.722. The van der Waals surface area contributed by atoms with E-state index in [1.165, 1.54) is 0 Å². The number of carbonyl (C=O) groups excluding carboxylic acids is 1. The summed E-state index contributed by atoms with van der Waals surface area (Å²) in [6.07, 6.45) is 1.26. The van der Waals surface area contributed by atoms with Gasteiger partial charge in [-0.3, -0.25) is 0 Å². The molecule has 0 aliphatic heterocycles. The SMILES string of the molecule is C=C[C@H](C[C@@H](CO)NC(=O)OC(C)(C)C)OCc1ccccc1. The van der Waals surface area contributed by atoms with Crippen molar-refractivity contribution in [3.63, 3.8) is 0 Å². The number of amides is 1. The van der Waals surface area contributed by atoms with Gasteiger partial charge in [-0.05, 0) is 32.8 Å². The van der Waals surface area contributed by atoms with Crippen LogP contribution in [0.2, 0.25) is 0 Å². The number of aliphatic hydroxyl groups is 1. The normalized spacial score (nSPS) is 13.9. The largest absolute Gasteiger partial charge is 0.444 e. The molecular weight excluding hydrogens is 294 g/mol. The van der Waals surface area contributed by atoms with Crippen LogP contribution in [0.15, 0.2) is 43.0 Å². The van der Waals surface area contributed by atoms with Gasteiger partial charge in [-0.25, -0.2) is 4.79 Å². The highest BCUT2D eigenvalue weighted by Crippen LogP contribution is 2.11. The van der Waals surface area contributed by atoms with Crippen molar-refractivity contribution < 1.29 is 19.4 Å². The Morgan fingerprint density at radius 2 is 2.00 bits per heavy atom. The van der Waals surface area contributed by atoms with Crippen LogP contribution in [0.3, 0.4) is 0 Å². The summed E-state index contributed by atoms with van der Waals surface area (Å²) in [5, 5.41) is 12.1. The monoisotopic (exact) mass is 321 g/mol. The maximum Gasteiger partial charge on any atom is 0.407 e. The summed E-state index contributed by atoms with van der Waals surface area (Å²) in [7, 11) is 0. The number of nitrogens with one attached hydrogen (secondary N) is 1. The molecule has 0 radical (unpaired) electrons. The molecule has 0 aromatic heterocycles. The molecule has 0 unspecified atom stereocenters. The zero-order valence-corrected chi connectivity index (χ0v) is 14.1. The van der Waals surface area contributed by atoms with Crippen molar-refractivity contribution in [3.05, 3.63) is 48.6 Å². The van der Waals surface area contributed by atoms with Crippen molar-refractivity contribution in [1.82, 2.24) is 5.32 Å². The second kappa shape index (κ2) is 9.33. The van der Waals surface area contributed by atoms with Gasteiger partial charge in [0.2, 0.25) is 0 Å². The Morgan fingerprint density at radius 3 is 2.52 bits per heavy atom. The summed E-state index contributed by atoms with van der Waals surface area (Å²) in [6.45, 7) is 9.36. The van der Waals surface area contributed by atoms with E-state index >= 15 is 0 Å². The number of rotatable bonds is 8. The average Bonchev–Trinajstić information content (AvgIpc) is 2.49. The first-order chi connectivity index (χ1) is 10.8. The van der Waals surface area contributed by atoms with Crippen LogP contribution in [0, 0.1) is 0 Å². The Kier molecular flexibility index (Phi) is 7.78. The van der Waals surface area contributed by atoms with Crippen molar-refractivity contribution in [2.75, 3.05) is 6.61 Å². The first kappa shape index (κ1) is 19.2. The van der Waals surface area contributed by atoms with Crippen LogP contribution in [0.1, 0.15) is 32.8 Å². The Bertz CT molecular complexity index is 482. The Labute approximate surface area is 138 Å². The molecule has 0 aliphatic carbocycles. The van der Waals surface area contributed by atoms with Gasteiger partial charge < -0.3 is 19.9 Å². The molecule has 1 aromatic rings. The van der Waals surface area contributed by atoms with Crippen molar-refractivity contribution in [2.24, 2.45) is 0 Å². The van der Waals surface area contributed by atoms with Crippen LogP contribution < -0.4 is 5.32 Å². The number of ether oxygens (including phenoxy) is 2. The van der Waals surface area contributed by atoms with E-state index < -0.39 is 17.7 Å². The van der Waals surface area contributed by atoms with Gasteiger partial charge in [-0.1, -0.05) is 36.4 Å². The number of alkyl carbamates (subject to hydrolysis) is 1. The molecule has 0 spiro atoms. The molecule has 5 nitrogen and oxygen atoms in total. The fourth-order valence-corrected chi connectivity index (χ4v) is 1.94. The first-order valence-corrected chi connectivity index (χ1v) is 7.72. The predicted octanol–water partition coefficient (Wildman–Crippen LogP) is 3.03. The van der Waals surface area contributed by atoms with E-state index in [0.29, 0.717) is 13.0 Å². The second-order valence-corrected chi connectivity index (χ2v) is 6.33. The molecule has 128 valence electrons. The standard InChI is InChI=1S/C18H27NO4/c1-5-16(22-13-14-9-7-6-8-10-14)11-15(12-20)19-17(21)23-18(2,3)4/h5-10,15-16,20H,1,11-13H2,2-4H3,(H,19,21)/t15-,16+/m0/s1. The van der Waals surface area contributed by atoms with E-state index in [2.05, 4.69) is 11.9 Å². The summed E-state index contributed by atoms with van der Waals surface area (Å²) < 4.78 is 11.0. The fourth-order valence-electron chi connectivity index (χ4n) is 1.94. The smallest absolute Gasteiger partial charge is 0.407 e. The van der Waals surface area contributed by atoms with Crippen LogP contribution in [0.25, 0.3) is 0 Å². The molecule has 5 heteroatoms. The van der Waals surface area contributed by atoms with Crippen molar-refractivity contribution in [2.45, 2.75) is 51.5 Å². The maximum atomic E-state index is 11.8. The van der Waals surface area contributed by atoms with Gasteiger partial charge in [0.15, 0.2) is 0 Å². The molecular formula is C18H27NO4. The lowest BCUT2D eigenvalue weighted by Gasteiger charge is -2.24. The van der Waals surface area contributed by atoms with E-state index in [0.717, 1.165) is 5.56 Å². The minimum absolute atomic E-state index is 0.196. The summed E-state index contributed by atoms with van der Waals surface area (Å²) in [6, 6.07) is 9.33. The summed E-state index contributed by atoms with van der Waals surface area (Å²) >= 11 is 0. The van der Waals surface area contributed by atoms with E-state index in [-0.39, 0.29) is 12.7 Å². The number of hydrogen-bond acceptors (Lipinski definition) is 4.